The summed E-state index contributed by atoms with van der Waals surface area (Å²) in [5, 5.41) is 17.7. The Balaban J connectivity index is 1.48. The monoisotopic (exact) mass is 584 g/mol. The molecule has 4 heterocycles. The second kappa shape index (κ2) is 11.8. The molecule has 0 bridgehead atoms. The second-order valence-corrected chi connectivity index (χ2v) is 11.4. The zero-order chi connectivity index (χ0) is 29.3. The quantitative estimate of drug-likeness (QED) is 0.401. The van der Waals surface area contributed by atoms with Crippen molar-refractivity contribution >= 4 is 23.5 Å². The number of likely N-dealkylation sites (tertiary alicyclic amines) is 1. The van der Waals surface area contributed by atoms with Gasteiger partial charge in [-0.3, -0.25) is 0 Å². The van der Waals surface area contributed by atoms with Crippen LogP contribution < -0.4 is 15.0 Å². The van der Waals surface area contributed by atoms with Crippen LogP contribution in [0.5, 0.6) is 5.75 Å². The summed E-state index contributed by atoms with van der Waals surface area (Å²) in [7, 11) is 3.20. The molecule has 1 aromatic carbocycles. The lowest BCUT2D eigenvalue weighted by molar-refractivity contribution is 0.0621. The van der Waals surface area contributed by atoms with Gasteiger partial charge in [0, 0.05) is 49.3 Å². The number of nitrogens with zero attached hydrogens (tertiary/aromatic N) is 5. The molecule has 11 nitrogen and oxygen atoms in total. The number of carbonyl (C=O) groups excluding carboxylic acids is 1. The number of aromatic nitrogens is 3. The summed E-state index contributed by atoms with van der Waals surface area (Å²) in [5.41, 5.74) is 4.03. The van der Waals surface area contributed by atoms with E-state index in [-0.39, 0.29) is 18.1 Å². The number of hydrogen-bond acceptors (Lipinski definition) is 10. The summed E-state index contributed by atoms with van der Waals surface area (Å²) in [6.07, 6.45) is 0.912. The molecular weight excluding hydrogens is 548 g/mol. The Morgan fingerprint density at radius 2 is 1.95 bits per heavy atom. The number of rotatable bonds is 8. The van der Waals surface area contributed by atoms with E-state index in [1.54, 1.807) is 30.1 Å². The van der Waals surface area contributed by atoms with Crippen LogP contribution in [-0.2, 0) is 4.74 Å². The summed E-state index contributed by atoms with van der Waals surface area (Å²) in [6, 6.07) is 5.32. The zero-order valence-electron chi connectivity index (χ0n) is 24.2. The number of nitrogens with one attached hydrogen (secondary N) is 1. The minimum atomic E-state index is -0.647. The minimum absolute atomic E-state index is 0.130. The molecule has 0 radical (unpaired) electrons. The summed E-state index contributed by atoms with van der Waals surface area (Å²) in [4.78, 5) is 26.0. The van der Waals surface area contributed by atoms with Crippen LogP contribution in [0.4, 0.5) is 10.6 Å². The summed E-state index contributed by atoms with van der Waals surface area (Å²) >= 11 is 6.69. The van der Waals surface area contributed by atoms with Gasteiger partial charge in [0.05, 0.1) is 29.1 Å². The van der Waals surface area contributed by atoms with Crippen molar-refractivity contribution in [3.05, 3.63) is 40.2 Å². The maximum absolute atomic E-state index is 12.0. The first-order chi connectivity index (χ1) is 19.6. The lowest BCUT2D eigenvalue weighted by Gasteiger charge is -2.54. The number of carbonyl (C=O) groups is 1. The first-order valence-electron chi connectivity index (χ1n) is 13.8. The van der Waals surface area contributed by atoms with E-state index in [0.717, 1.165) is 54.3 Å². The van der Waals surface area contributed by atoms with Gasteiger partial charge in [-0.05, 0) is 58.9 Å². The molecule has 2 aliphatic rings. The Hall–Kier alpha value is -3.41. The van der Waals surface area contributed by atoms with Crippen molar-refractivity contribution in [2.75, 3.05) is 58.4 Å². The summed E-state index contributed by atoms with van der Waals surface area (Å²) in [5.74, 6) is 2.54. The standard InChI is InChI=1S/C29H37ClN6O5/c1-17-25(24-18(2)34-41-19(24)3)32-26(22-12-21(6-7-23(22)30)40-14-20(37)13-31-4)33-27(17)36-15-29(16-36)8-10-35(11-9-29)28(38)39-5/h6-7,12,20,31,37H,8-11,13-16H2,1-5H3/t20-/m0/s1. The zero-order valence-corrected chi connectivity index (χ0v) is 24.9. The number of hydrogen-bond donors (Lipinski definition) is 2. The van der Waals surface area contributed by atoms with Gasteiger partial charge in [-0.25, -0.2) is 14.8 Å². The summed E-state index contributed by atoms with van der Waals surface area (Å²) < 4.78 is 16.2. The third-order valence-corrected chi connectivity index (χ3v) is 8.39. The van der Waals surface area contributed by atoms with Crippen molar-refractivity contribution in [2.24, 2.45) is 5.41 Å². The maximum atomic E-state index is 12.0. The SMILES string of the molecule is CNC[C@H](O)COc1ccc(Cl)c(-c2nc(-c3c(C)noc3C)c(C)c(N3CC4(CCN(C(=O)OC)CC4)C3)n2)c1. The fraction of sp³-hybridized carbons (Fsp3) is 0.517. The van der Waals surface area contributed by atoms with E-state index in [0.29, 0.717) is 47.6 Å². The van der Waals surface area contributed by atoms with Gasteiger partial charge in [-0.15, -0.1) is 0 Å². The molecule has 220 valence electrons. The van der Waals surface area contributed by atoms with Gasteiger partial charge < -0.3 is 34.2 Å². The molecule has 1 atom stereocenters. The van der Waals surface area contributed by atoms with E-state index in [4.69, 9.17) is 35.6 Å². The third-order valence-electron chi connectivity index (χ3n) is 8.06. The molecule has 0 unspecified atom stereocenters. The maximum Gasteiger partial charge on any atom is 0.409 e. The van der Waals surface area contributed by atoms with Crippen molar-refractivity contribution in [1.29, 1.82) is 0 Å². The second-order valence-electron chi connectivity index (χ2n) is 11.0. The molecule has 1 spiro atoms. The third kappa shape index (κ3) is 5.84. The average Bonchev–Trinajstić information content (AvgIpc) is 3.28. The van der Waals surface area contributed by atoms with Gasteiger partial charge in [0.2, 0.25) is 0 Å². The molecule has 41 heavy (non-hydrogen) atoms. The Labute approximate surface area is 244 Å². The first-order valence-corrected chi connectivity index (χ1v) is 14.2. The average molecular weight is 585 g/mol. The van der Waals surface area contributed by atoms with E-state index >= 15 is 0 Å². The molecule has 0 aliphatic carbocycles. The number of benzene rings is 1. The number of methoxy groups -OCH3 is 1. The molecule has 2 aliphatic heterocycles. The highest BCUT2D eigenvalue weighted by Crippen LogP contribution is 2.45. The Bertz CT molecular complexity index is 1390. The highest BCUT2D eigenvalue weighted by Gasteiger charge is 2.47. The van der Waals surface area contributed by atoms with E-state index in [2.05, 4.69) is 15.4 Å². The fourth-order valence-electron chi connectivity index (χ4n) is 5.77. The number of ether oxygens (including phenoxy) is 2. The van der Waals surface area contributed by atoms with E-state index in [1.807, 2.05) is 20.8 Å². The molecule has 3 aromatic rings. The van der Waals surface area contributed by atoms with Crippen LogP contribution in [0.15, 0.2) is 22.7 Å². The van der Waals surface area contributed by atoms with Crippen LogP contribution in [0.25, 0.3) is 22.6 Å². The van der Waals surface area contributed by atoms with Gasteiger partial charge in [0.25, 0.3) is 0 Å². The predicted octanol–water partition coefficient (Wildman–Crippen LogP) is 4.00. The molecule has 12 heteroatoms. The Morgan fingerprint density at radius 1 is 1.22 bits per heavy atom. The molecule has 2 N–H and O–H groups in total. The van der Waals surface area contributed by atoms with Gasteiger partial charge in [0.1, 0.15) is 30.0 Å². The number of anilines is 1. The van der Waals surface area contributed by atoms with Crippen LogP contribution in [0.2, 0.25) is 5.02 Å². The summed E-state index contributed by atoms with van der Waals surface area (Å²) in [6.45, 7) is 9.39. The van der Waals surface area contributed by atoms with Crippen molar-refractivity contribution in [2.45, 2.75) is 39.7 Å². The number of aliphatic hydroxyl groups excluding tert-OH is 1. The normalized spacial score (nSPS) is 17.0. The smallest absolute Gasteiger partial charge is 0.409 e. The van der Waals surface area contributed by atoms with Crippen LogP contribution in [0, 0.1) is 26.2 Å². The van der Waals surface area contributed by atoms with Gasteiger partial charge in [0.15, 0.2) is 5.82 Å². The van der Waals surface area contributed by atoms with E-state index < -0.39 is 6.10 Å². The minimum Gasteiger partial charge on any atom is -0.491 e. The van der Waals surface area contributed by atoms with Crippen molar-refractivity contribution in [1.82, 2.24) is 25.3 Å². The number of aryl methyl sites for hydroxylation is 2. The first kappa shape index (κ1) is 29.1. The van der Waals surface area contributed by atoms with Crippen LogP contribution >= 0.6 is 11.6 Å². The number of halogens is 1. The Kier molecular flexibility index (Phi) is 8.40. The highest BCUT2D eigenvalue weighted by atomic mass is 35.5. The lowest BCUT2D eigenvalue weighted by Crippen LogP contribution is -2.61. The van der Waals surface area contributed by atoms with Gasteiger partial charge >= 0.3 is 6.09 Å². The van der Waals surface area contributed by atoms with Crippen LogP contribution in [0.3, 0.4) is 0 Å². The topological polar surface area (TPSA) is 126 Å². The Morgan fingerprint density at radius 3 is 2.59 bits per heavy atom. The highest BCUT2D eigenvalue weighted by molar-refractivity contribution is 6.33. The van der Waals surface area contributed by atoms with Crippen LogP contribution in [0.1, 0.15) is 29.9 Å². The van der Waals surface area contributed by atoms with E-state index in [9.17, 15) is 9.90 Å². The van der Waals surface area contributed by atoms with Crippen molar-refractivity contribution < 1.29 is 23.9 Å². The van der Waals surface area contributed by atoms with Crippen molar-refractivity contribution in [3.63, 3.8) is 0 Å². The number of piperidine rings is 1. The predicted molar refractivity (Wildman–Crippen MR) is 155 cm³/mol. The lowest BCUT2D eigenvalue weighted by atomic mass is 9.72. The molecule has 5 rings (SSSR count). The molecule has 1 amide bonds. The van der Waals surface area contributed by atoms with Gasteiger partial charge in [-0.2, -0.15) is 0 Å². The molecule has 2 saturated heterocycles. The number of aliphatic hydroxyl groups is 1. The van der Waals surface area contributed by atoms with Crippen LogP contribution in [-0.4, -0.2) is 90.8 Å². The fourth-order valence-corrected chi connectivity index (χ4v) is 5.97. The molecule has 2 aromatic heterocycles. The molecule has 2 fully saturated rings. The molecular formula is C29H37ClN6O5. The largest absolute Gasteiger partial charge is 0.491 e. The number of amides is 1. The van der Waals surface area contributed by atoms with E-state index in [1.165, 1.54) is 7.11 Å². The van der Waals surface area contributed by atoms with Gasteiger partial charge in [-0.1, -0.05) is 16.8 Å². The number of likely N-dealkylation sites (N-methyl/N-ethyl adjacent to an activating group) is 1. The van der Waals surface area contributed by atoms with Crippen molar-refractivity contribution in [3.8, 4) is 28.4 Å². The molecule has 0 saturated carbocycles.